The lowest BCUT2D eigenvalue weighted by Crippen LogP contribution is -2.32. The summed E-state index contributed by atoms with van der Waals surface area (Å²) in [5, 5.41) is 8.23. The van der Waals surface area contributed by atoms with Crippen LogP contribution in [0.4, 0.5) is 0 Å². The smallest absolute Gasteiger partial charge is 0.151 e. The second kappa shape index (κ2) is 5.70. The van der Waals surface area contributed by atoms with Crippen LogP contribution in [0.3, 0.4) is 0 Å². The molecule has 1 aliphatic rings. The number of hydrogen-bond donors (Lipinski definition) is 1. The summed E-state index contributed by atoms with van der Waals surface area (Å²) in [4.78, 5) is 0. The van der Waals surface area contributed by atoms with E-state index in [0.717, 1.165) is 23.0 Å². The van der Waals surface area contributed by atoms with E-state index in [1.165, 1.54) is 25.0 Å². The molecule has 0 saturated heterocycles. The molecule has 0 amide bonds. The van der Waals surface area contributed by atoms with Crippen molar-refractivity contribution in [1.82, 2.24) is 15.0 Å². The monoisotopic (exact) mass is 314 g/mol. The van der Waals surface area contributed by atoms with Gasteiger partial charge in [-0.15, -0.1) is 5.10 Å². The average molecular weight is 315 g/mol. The highest BCUT2D eigenvalue weighted by atomic mass is 79.9. The number of nitrogens with zero attached hydrogens (tertiary/aromatic N) is 3. The predicted molar refractivity (Wildman–Crippen MR) is 76.2 cm³/mol. The topological polar surface area (TPSA) is 56.7 Å². The molecule has 1 aliphatic carbocycles. The van der Waals surface area contributed by atoms with Gasteiger partial charge in [-0.1, -0.05) is 19.1 Å². The minimum absolute atomic E-state index is 0.491. The summed E-state index contributed by atoms with van der Waals surface area (Å²) in [6, 6.07) is 0. The van der Waals surface area contributed by atoms with E-state index in [4.69, 9.17) is 5.73 Å². The lowest BCUT2D eigenvalue weighted by atomic mass is 9.69. The second-order valence-electron chi connectivity index (χ2n) is 5.81. The molecule has 0 aliphatic heterocycles. The normalized spacial score (nSPS) is 28.9. The van der Waals surface area contributed by atoms with E-state index < -0.39 is 0 Å². The Morgan fingerprint density at radius 2 is 2.17 bits per heavy atom. The molecule has 2 N–H and O–H groups in total. The molecular formula is C13H23BrN4. The molecule has 3 unspecified atom stereocenters. The third-order valence-electron chi connectivity index (χ3n) is 4.46. The summed E-state index contributed by atoms with van der Waals surface area (Å²) in [7, 11) is 1.97. The number of aryl methyl sites for hydroxylation is 1. The van der Waals surface area contributed by atoms with Gasteiger partial charge in [-0.3, -0.25) is 4.68 Å². The highest BCUT2D eigenvalue weighted by molar-refractivity contribution is 9.10. The summed E-state index contributed by atoms with van der Waals surface area (Å²) in [6.07, 6.45) is 3.74. The standard InChI is InChI=1S/C13H23BrN4/c1-8(2)9-4-5-10(7-15)11(6-9)12-13(14)16-17-18(12)3/h8-11H,4-7,15H2,1-3H3. The summed E-state index contributed by atoms with van der Waals surface area (Å²) >= 11 is 3.53. The molecule has 1 fully saturated rings. The SMILES string of the molecule is CC(C)C1CCC(CN)C(c2c(Br)nnn2C)C1. The van der Waals surface area contributed by atoms with E-state index in [1.54, 1.807) is 0 Å². The molecule has 0 aromatic carbocycles. The Hall–Kier alpha value is -0.420. The summed E-state index contributed by atoms with van der Waals surface area (Å²) < 4.78 is 2.79. The Kier molecular flexibility index (Phi) is 4.43. The third-order valence-corrected chi connectivity index (χ3v) is 5.02. The predicted octanol–water partition coefficient (Wildman–Crippen LogP) is 2.69. The van der Waals surface area contributed by atoms with Gasteiger partial charge in [-0.25, -0.2) is 0 Å². The van der Waals surface area contributed by atoms with Crippen molar-refractivity contribution in [1.29, 1.82) is 0 Å². The van der Waals surface area contributed by atoms with Gasteiger partial charge in [0.2, 0.25) is 0 Å². The van der Waals surface area contributed by atoms with Crippen LogP contribution in [0.2, 0.25) is 0 Å². The number of aromatic nitrogens is 3. The molecule has 18 heavy (non-hydrogen) atoms. The number of halogens is 1. The van der Waals surface area contributed by atoms with Crippen LogP contribution >= 0.6 is 15.9 Å². The first-order valence-corrected chi connectivity index (χ1v) is 7.59. The molecule has 1 aromatic heterocycles. The number of nitrogens with two attached hydrogens (primary N) is 1. The van der Waals surface area contributed by atoms with Crippen molar-refractivity contribution in [2.75, 3.05) is 6.54 Å². The van der Waals surface area contributed by atoms with Crippen LogP contribution in [0.5, 0.6) is 0 Å². The van der Waals surface area contributed by atoms with Crippen molar-refractivity contribution >= 4 is 15.9 Å². The third kappa shape index (κ3) is 2.62. The maximum Gasteiger partial charge on any atom is 0.151 e. The number of hydrogen-bond acceptors (Lipinski definition) is 3. The lowest BCUT2D eigenvalue weighted by Gasteiger charge is -2.37. The van der Waals surface area contributed by atoms with Crippen molar-refractivity contribution in [2.24, 2.45) is 30.5 Å². The fraction of sp³-hybridized carbons (Fsp3) is 0.846. The molecule has 4 nitrogen and oxygen atoms in total. The van der Waals surface area contributed by atoms with Gasteiger partial charge in [-0.05, 0) is 59.5 Å². The van der Waals surface area contributed by atoms with E-state index in [9.17, 15) is 0 Å². The van der Waals surface area contributed by atoms with Crippen molar-refractivity contribution in [3.05, 3.63) is 10.3 Å². The molecule has 5 heteroatoms. The molecule has 2 rings (SSSR count). The minimum atomic E-state index is 0.491. The summed E-state index contributed by atoms with van der Waals surface area (Å²) in [5.74, 6) is 2.59. The van der Waals surface area contributed by atoms with Crippen molar-refractivity contribution in [3.63, 3.8) is 0 Å². The van der Waals surface area contributed by atoms with E-state index in [1.807, 2.05) is 11.7 Å². The van der Waals surface area contributed by atoms with Crippen LogP contribution in [0.1, 0.15) is 44.7 Å². The van der Waals surface area contributed by atoms with Crippen molar-refractivity contribution < 1.29 is 0 Å². The molecule has 1 aromatic rings. The quantitative estimate of drug-likeness (QED) is 0.933. The van der Waals surface area contributed by atoms with Gasteiger partial charge < -0.3 is 5.73 Å². The first-order chi connectivity index (χ1) is 8.54. The van der Waals surface area contributed by atoms with E-state index >= 15 is 0 Å². The molecule has 1 saturated carbocycles. The zero-order chi connectivity index (χ0) is 13.3. The Bertz CT molecular complexity index is 382. The first kappa shape index (κ1) is 14.0. The van der Waals surface area contributed by atoms with Crippen LogP contribution in [0.15, 0.2) is 4.60 Å². The Labute approximate surface area is 117 Å². The van der Waals surface area contributed by atoms with Crippen LogP contribution in [-0.4, -0.2) is 21.5 Å². The van der Waals surface area contributed by atoms with E-state index in [-0.39, 0.29) is 0 Å². The molecule has 102 valence electrons. The Morgan fingerprint density at radius 3 is 2.67 bits per heavy atom. The van der Waals surface area contributed by atoms with Crippen LogP contribution in [0, 0.1) is 17.8 Å². The minimum Gasteiger partial charge on any atom is -0.330 e. The van der Waals surface area contributed by atoms with Gasteiger partial charge in [0.05, 0.1) is 5.69 Å². The van der Waals surface area contributed by atoms with Crippen molar-refractivity contribution in [3.8, 4) is 0 Å². The molecule has 0 bridgehead atoms. The van der Waals surface area contributed by atoms with E-state index in [0.29, 0.717) is 11.8 Å². The summed E-state index contributed by atoms with van der Waals surface area (Å²) in [5.41, 5.74) is 7.17. The fourth-order valence-electron chi connectivity index (χ4n) is 3.22. The van der Waals surface area contributed by atoms with Gasteiger partial charge in [-0.2, -0.15) is 0 Å². The van der Waals surface area contributed by atoms with Crippen LogP contribution in [0.25, 0.3) is 0 Å². The van der Waals surface area contributed by atoms with E-state index in [2.05, 4.69) is 40.1 Å². The molecule has 1 heterocycles. The van der Waals surface area contributed by atoms with Gasteiger partial charge in [0, 0.05) is 13.0 Å². The van der Waals surface area contributed by atoms with Crippen molar-refractivity contribution in [2.45, 2.75) is 39.0 Å². The van der Waals surface area contributed by atoms with Gasteiger partial charge >= 0.3 is 0 Å². The zero-order valence-electron chi connectivity index (χ0n) is 11.4. The van der Waals surface area contributed by atoms with Gasteiger partial charge in [0.15, 0.2) is 4.60 Å². The maximum absolute atomic E-state index is 5.96. The zero-order valence-corrected chi connectivity index (χ0v) is 13.0. The molecular weight excluding hydrogens is 292 g/mol. The molecule has 3 atom stereocenters. The highest BCUT2D eigenvalue weighted by Gasteiger charge is 2.35. The summed E-state index contributed by atoms with van der Waals surface area (Å²) in [6.45, 7) is 5.40. The molecule has 0 spiro atoms. The lowest BCUT2D eigenvalue weighted by molar-refractivity contribution is 0.192. The average Bonchev–Trinajstić information content (AvgIpc) is 2.68. The molecule has 0 radical (unpaired) electrons. The Morgan fingerprint density at radius 1 is 1.44 bits per heavy atom. The fourth-order valence-corrected chi connectivity index (χ4v) is 3.84. The van der Waals surface area contributed by atoms with Crippen LogP contribution in [-0.2, 0) is 7.05 Å². The first-order valence-electron chi connectivity index (χ1n) is 6.79. The van der Waals surface area contributed by atoms with Gasteiger partial charge in [0.25, 0.3) is 0 Å². The maximum atomic E-state index is 5.96. The second-order valence-corrected chi connectivity index (χ2v) is 6.56. The number of rotatable bonds is 3. The van der Waals surface area contributed by atoms with Crippen LogP contribution < -0.4 is 5.73 Å². The highest BCUT2D eigenvalue weighted by Crippen LogP contribution is 2.43. The largest absolute Gasteiger partial charge is 0.330 e. The van der Waals surface area contributed by atoms with Gasteiger partial charge in [0.1, 0.15) is 0 Å². The Balaban J connectivity index is 2.26.